The van der Waals surface area contributed by atoms with Crippen LogP contribution in [0.25, 0.3) is 0 Å². The van der Waals surface area contributed by atoms with Crippen LogP contribution in [0.4, 0.5) is 0 Å². The molecule has 0 bridgehead atoms. The van der Waals surface area contributed by atoms with Gasteiger partial charge in [0.1, 0.15) is 0 Å². The van der Waals surface area contributed by atoms with E-state index in [1.54, 1.807) is 0 Å². The number of nitrogens with zero attached hydrogens (tertiary/aromatic N) is 3. The summed E-state index contributed by atoms with van der Waals surface area (Å²) in [5.74, 6) is 0. The van der Waals surface area contributed by atoms with Crippen LogP contribution in [-0.2, 0) is 4.57 Å². The van der Waals surface area contributed by atoms with Gasteiger partial charge in [0.15, 0.2) is 0 Å². The van der Waals surface area contributed by atoms with Crippen molar-refractivity contribution in [3.05, 3.63) is 69.8 Å². The Morgan fingerprint density at radius 2 is 1.03 bits per heavy atom. The number of hydrogen-bond donors (Lipinski definition) is 0. The molecule has 2 aliphatic rings. The highest BCUT2D eigenvalue weighted by atomic mass is 31.2. The number of likely N-dealkylation sites (N-methyl/N-ethyl adjacent to an activating group) is 2. The summed E-state index contributed by atoms with van der Waals surface area (Å²) in [6.07, 6.45) is 3.51. The molecule has 0 spiro atoms. The molecule has 0 N–H and O–H groups in total. The van der Waals surface area contributed by atoms with E-state index in [9.17, 15) is 4.57 Å². The maximum absolute atomic E-state index is 14.7. The Labute approximate surface area is 182 Å². The average Bonchev–Trinajstić information content (AvgIpc) is 2.89. The Morgan fingerprint density at radius 1 is 0.667 bits per heavy atom. The second-order valence-electron chi connectivity index (χ2n) is 9.41. The second kappa shape index (κ2) is 8.24. The van der Waals surface area contributed by atoms with Crippen LogP contribution >= 0.6 is 7.59 Å². The molecule has 2 saturated heterocycles. The maximum atomic E-state index is 14.7. The van der Waals surface area contributed by atoms with Gasteiger partial charge in [0, 0.05) is 13.1 Å². The topological polar surface area (TPSA) is 26.8 Å². The lowest BCUT2D eigenvalue weighted by atomic mass is 9.90. The first kappa shape index (κ1) is 21.8. The van der Waals surface area contributed by atoms with Crippen molar-refractivity contribution in [2.45, 2.75) is 59.0 Å². The minimum absolute atomic E-state index is 0.0579. The predicted octanol–water partition coefficient (Wildman–Crippen LogP) is 6.17. The van der Waals surface area contributed by atoms with Gasteiger partial charge in [-0.05, 0) is 65.8 Å². The molecule has 4 nitrogen and oxygen atoms in total. The molecule has 2 aliphatic heterocycles. The molecule has 0 unspecified atom stereocenters. The van der Waals surface area contributed by atoms with Crippen molar-refractivity contribution in [1.29, 1.82) is 0 Å². The van der Waals surface area contributed by atoms with Crippen molar-refractivity contribution in [1.82, 2.24) is 14.0 Å². The molecule has 0 saturated carbocycles. The molecular weight excluding hydrogens is 389 g/mol. The van der Waals surface area contributed by atoms with E-state index in [1.165, 1.54) is 39.8 Å². The van der Waals surface area contributed by atoms with Gasteiger partial charge < -0.3 is 0 Å². The Balaban J connectivity index is 1.88. The van der Waals surface area contributed by atoms with Crippen LogP contribution in [0.2, 0.25) is 0 Å². The Morgan fingerprint density at radius 3 is 1.40 bits per heavy atom. The summed E-state index contributed by atoms with van der Waals surface area (Å²) >= 11 is 0. The molecule has 2 fully saturated rings. The summed E-state index contributed by atoms with van der Waals surface area (Å²) in [6, 6.07) is 13.7. The molecule has 2 heterocycles. The molecule has 0 amide bonds. The Hall–Kier alpha value is -1.45. The van der Waals surface area contributed by atoms with Gasteiger partial charge in [-0.3, -0.25) is 4.57 Å². The normalized spacial score (nSPS) is 25.7. The molecular formula is C25H36N3OP. The van der Waals surface area contributed by atoms with Gasteiger partial charge in [0.25, 0.3) is 7.59 Å². The highest BCUT2D eigenvalue weighted by Gasteiger charge is 2.55. The molecule has 2 aromatic carbocycles. The summed E-state index contributed by atoms with van der Waals surface area (Å²) in [5, 5.41) is 0. The van der Waals surface area contributed by atoms with E-state index in [0.717, 1.165) is 25.9 Å². The van der Waals surface area contributed by atoms with Crippen molar-refractivity contribution in [3.63, 3.8) is 0 Å². The van der Waals surface area contributed by atoms with E-state index in [2.05, 4.69) is 92.2 Å². The molecule has 0 radical (unpaired) electrons. The predicted molar refractivity (Wildman–Crippen MR) is 126 cm³/mol. The number of benzene rings is 2. The van der Waals surface area contributed by atoms with E-state index in [0.29, 0.717) is 0 Å². The summed E-state index contributed by atoms with van der Waals surface area (Å²) in [5.41, 5.74) is 7.58. The van der Waals surface area contributed by atoms with Crippen molar-refractivity contribution >= 4 is 7.59 Å². The smallest absolute Gasteiger partial charge is 0.270 e. The monoisotopic (exact) mass is 425 g/mol. The van der Waals surface area contributed by atoms with Gasteiger partial charge in [0.05, 0.1) is 12.1 Å². The first-order valence-electron chi connectivity index (χ1n) is 11.2. The van der Waals surface area contributed by atoms with Crippen LogP contribution in [0.1, 0.15) is 64.7 Å². The standard InChI is InChI=1S/C25H36N3OP/c1-18-12-19(2)15-22(14-18)24-25(23-16-20(3)13-21(4)17-23)27(6)30(29,26(24)5)28-10-8-7-9-11-28/h12-17,24-25H,7-11H2,1-6H3/t24-,25-/m0/s1. The third-order valence-electron chi connectivity index (χ3n) is 6.80. The fraction of sp³-hybridized carbons (Fsp3) is 0.520. The number of piperidine rings is 1. The highest BCUT2D eigenvalue weighted by Crippen LogP contribution is 2.70. The van der Waals surface area contributed by atoms with E-state index in [-0.39, 0.29) is 12.1 Å². The van der Waals surface area contributed by atoms with E-state index in [4.69, 9.17) is 0 Å². The third-order valence-corrected chi connectivity index (χ3v) is 10.1. The second-order valence-corrected chi connectivity index (χ2v) is 12.3. The van der Waals surface area contributed by atoms with Crippen molar-refractivity contribution in [3.8, 4) is 0 Å². The maximum Gasteiger partial charge on any atom is 0.287 e. The number of rotatable bonds is 3. The van der Waals surface area contributed by atoms with Crippen LogP contribution in [0.3, 0.4) is 0 Å². The van der Waals surface area contributed by atoms with E-state index in [1.807, 2.05) is 0 Å². The first-order chi connectivity index (χ1) is 14.2. The molecule has 4 rings (SSSR count). The van der Waals surface area contributed by atoms with Gasteiger partial charge in [-0.1, -0.05) is 65.1 Å². The largest absolute Gasteiger partial charge is 0.287 e. The summed E-state index contributed by atoms with van der Waals surface area (Å²) in [6.45, 7) is 10.5. The minimum Gasteiger partial charge on any atom is -0.270 e. The fourth-order valence-electron chi connectivity index (χ4n) is 5.65. The van der Waals surface area contributed by atoms with Gasteiger partial charge in [0.2, 0.25) is 0 Å². The molecule has 2 aromatic rings. The first-order valence-corrected chi connectivity index (χ1v) is 12.8. The Bertz CT molecular complexity index is 874. The highest BCUT2D eigenvalue weighted by molar-refractivity contribution is 7.56. The summed E-state index contributed by atoms with van der Waals surface area (Å²) in [4.78, 5) is 0. The lowest BCUT2D eigenvalue weighted by Crippen LogP contribution is -2.35. The molecule has 0 aromatic heterocycles. The summed E-state index contributed by atoms with van der Waals surface area (Å²) in [7, 11) is 1.33. The Kier molecular flexibility index (Phi) is 5.98. The zero-order valence-corrected chi connectivity index (χ0v) is 20.2. The number of aryl methyl sites for hydroxylation is 4. The summed E-state index contributed by atoms with van der Waals surface area (Å²) < 4.78 is 21.4. The third kappa shape index (κ3) is 3.69. The fourth-order valence-corrected chi connectivity index (χ4v) is 8.86. The van der Waals surface area contributed by atoms with Gasteiger partial charge in [-0.15, -0.1) is 0 Å². The molecule has 162 valence electrons. The van der Waals surface area contributed by atoms with E-state index >= 15 is 0 Å². The van der Waals surface area contributed by atoms with Crippen molar-refractivity contribution in [2.75, 3.05) is 27.2 Å². The van der Waals surface area contributed by atoms with Crippen LogP contribution in [0.15, 0.2) is 36.4 Å². The zero-order valence-electron chi connectivity index (χ0n) is 19.4. The van der Waals surface area contributed by atoms with Gasteiger partial charge >= 0.3 is 0 Å². The van der Waals surface area contributed by atoms with Crippen LogP contribution in [0, 0.1) is 27.7 Å². The van der Waals surface area contributed by atoms with Crippen molar-refractivity contribution < 1.29 is 4.57 Å². The quantitative estimate of drug-likeness (QED) is 0.549. The van der Waals surface area contributed by atoms with E-state index < -0.39 is 7.59 Å². The zero-order chi connectivity index (χ0) is 21.6. The van der Waals surface area contributed by atoms with Gasteiger partial charge in [-0.25, -0.2) is 14.0 Å². The molecule has 2 atom stereocenters. The number of hydrogen-bond acceptors (Lipinski definition) is 1. The van der Waals surface area contributed by atoms with Crippen LogP contribution < -0.4 is 0 Å². The van der Waals surface area contributed by atoms with Crippen LogP contribution in [-0.4, -0.2) is 41.2 Å². The minimum atomic E-state index is -2.83. The van der Waals surface area contributed by atoms with Crippen LogP contribution in [0.5, 0.6) is 0 Å². The molecule has 5 heteroatoms. The molecule has 30 heavy (non-hydrogen) atoms. The van der Waals surface area contributed by atoms with Gasteiger partial charge in [-0.2, -0.15) is 0 Å². The lowest BCUT2D eigenvalue weighted by Gasteiger charge is -2.39. The van der Waals surface area contributed by atoms with Crippen molar-refractivity contribution in [2.24, 2.45) is 0 Å². The average molecular weight is 426 g/mol. The molecule has 0 aliphatic carbocycles. The SMILES string of the molecule is Cc1cc(C)cc([C@H]2[C@H](c3cc(C)cc(C)c3)N(C)P(=O)(N3CCCCC3)N2C)c1. The lowest BCUT2D eigenvalue weighted by molar-refractivity contribution is 0.298.